The molecular weight excluding hydrogens is 316 g/mol. The molecular formula is C12H17BrN2O2S. The Kier molecular flexibility index (Phi) is 4.29. The van der Waals surface area contributed by atoms with E-state index in [0.717, 1.165) is 18.8 Å². The van der Waals surface area contributed by atoms with Crippen LogP contribution in [0.5, 0.6) is 0 Å². The molecule has 0 bridgehead atoms. The highest BCUT2D eigenvalue weighted by atomic mass is 79.9. The van der Waals surface area contributed by atoms with Crippen LogP contribution in [0.25, 0.3) is 0 Å². The van der Waals surface area contributed by atoms with E-state index in [-0.39, 0.29) is 10.6 Å². The van der Waals surface area contributed by atoms with Gasteiger partial charge < -0.3 is 5.73 Å². The van der Waals surface area contributed by atoms with Crippen molar-refractivity contribution in [1.29, 1.82) is 0 Å². The molecule has 100 valence electrons. The molecule has 3 N–H and O–H groups in total. The summed E-state index contributed by atoms with van der Waals surface area (Å²) in [6.07, 6.45) is 4.59. The molecule has 6 heteroatoms. The highest BCUT2D eigenvalue weighted by molar-refractivity contribution is 9.10. The summed E-state index contributed by atoms with van der Waals surface area (Å²) in [7, 11) is -3.50. The minimum atomic E-state index is -3.50. The molecule has 0 aromatic heterocycles. The van der Waals surface area contributed by atoms with Gasteiger partial charge in [-0.05, 0) is 37.0 Å². The van der Waals surface area contributed by atoms with E-state index in [1.54, 1.807) is 12.1 Å². The maximum Gasteiger partial charge on any atom is 0.242 e. The molecule has 2 rings (SSSR count). The van der Waals surface area contributed by atoms with Gasteiger partial charge in [0, 0.05) is 11.0 Å². The van der Waals surface area contributed by atoms with E-state index in [0.29, 0.717) is 11.0 Å². The lowest BCUT2D eigenvalue weighted by atomic mass is 10.2. The van der Waals surface area contributed by atoms with Gasteiger partial charge in [0.05, 0.1) is 5.69 Å². The maximum atomic E-state index is 12.1. The third-order valence-electron chi connectivity index (χ3n) is 3.04. The predicted octanol–water partition coefficient (Wildman–Crippen LogP) is 2.50. The van der Waals surface area contributed by atoms with Crippen LogP contribution in [0.4, 0.5) is 5.69 Å². The SMILES string of the molecule is Nc1ccc(Br)cc1S(=O)(=O)NCCCC1CC1. The van der Waals surface area contributed by atoms with Gasteiger partial charge in [0.1, 0.15) is 4.90 Å². The van der Waals surface area contributed by atoms with Gasteiger partial charge in [-0.2, -0.15) is 0 Å². The lowest BCUT2D eigenvalue weighted by molar-refractivity contribution is 0.573. The first-order valence-electron chi connectivity index (χ1n) is 6.04. The summed E-state index contributed by atoms with van der Waals surface area (Å²) >= 11 is 3.25. The summed E-state index contributed by atoms with van der Waals surface area (Å²) in [5.74, 6) is 0.824. The van der Waals surface area contributed by atoms with Crippen molar-refractivity contribution in [2.24, 2.45) is 5.92 Å². The number of halogens is 1. The summed E-state index contributed by atoms with van der Waals surface area (Å²) in [5.41, 5.74) is 5.97. The molecule has 0 aliphatic heterocycles. The van der Waals surface area contributed by atoms with Gasteiger partial charge in [-0.3, -0.25) is 0 Å². The Bertz CT molecular complexity index is 527. The first-order chi connectivity index (χ1) is 8.49. The quantitative estimate of drug-likeness (QED) is 0.621. The Hall–Kier alpha value is -0.590. The minimum absolute atomic E-state index is 0.142. The van der Waals surface area contributed by atoms with E-state index in [4.69, 9.17) is 5.73 Å². The number of nitrogens with two attached hydrogens (primary N) is 1. The maximum absolute atomic E-state index is 12.1. The average molecular weight is 333 g/mol. The smallest absolute Gasteiger partial charge is 0.242 e. The summed E-state index contributed by atoms with van der Waals surface area (Å²) in [6.45, 7) is 0.477. The van der Waals surface area contributed by atoms with Crippen LogP contribution in [0.15, 0.2) is 27.6 Å². The largest absolute Gasteiger partial charge is 0.398 e. The molecule has 0 spiro atoms. The Morgan fingerprint density at radius 1 is 1.39 bits per heavy atom. The third kappa shape index (κ3) is 3.70. The van der Waals surface area contributed by atoms with Gasteiger partial charge in [0.2, 0.25) is 10.0 Å². The zero-order chi connectivity index (χ0) is 13.2. The second-order valence-electron chi connectivity index (χ2n) is 4.67. The molecule has 1 aromatic carbocycles. The molecule has 0 saturated heterocycles. The Labute approximate surface area is 116 Å². The first-order valence-corrected chi connectivity index (χ1v) is 8.31. The Morgan fingerprint density at radius 3 is 2.78 bits per heavy atom. The molecule has 1 aromatic rings. The van der Waals surface area contributed by atoms with Crippen molar-refractivity contribution in [2.45, 2.75) is 30.6 Å². The zero-order valence-electron chi connectivity index (χ0n) is 10.0. The van der Waals surface area contributed by atoms with Crippen molar-refractivity contribution >= 4 is 31.6 Å². The van der Waals surface area contributed by atoms with Crippen LogP contribution in [0.1, 0.15) is 25.7 Å². The number of hydrogen-bond donors (Lipinski definition) is 2. The first kappa shape index (κ1) is 13.8. The summed E-state index contributed by atoms with van der Waals surface area (Å²) < 4.78 is 27.4. The molecule has 1 saturated carbocycles. The van der Waals surface area contributed by atoms with E-state index in [1.165, 1.54) is 18.9 Å². The van der Waals surface area contributed by atoms with E-state index in [1.807, 2.05) is 0 Å². The van der Waals surface area contributed by atoms with Crippen molar-refractivity contribution in [3.8, 4) is 0 Å². The molecule has 0 amide bonds. The zero-order valence-corrected chi connectivity index (χ0v) is 12.4. The molecule has 0 atom stereocenters. The fourth-order valence-electron chi connectivity index (χ4n) is 1.82. The third-order valence-corrected chi connectivity index (χ3v) is 5.05. The number of rotatable bonds is 6. The predicted molar refractivity (Wildman–Crippen MR) is 75.7 cm³/mol. The number of benzene rings is 1. The van der Waals surface area contributed by atoms with Gasteiger partial charge >= 0.3 is 0 Å². The Morgan fingerprint density at radius 2 is 2.11 bits per heavy atom. The van der Waals surface area contributed by atoms with E-state index >= 15 is 0 Å². The normalized spacial score (nSPS) is 15.8. The minimum Gasteiger partial charge on any atom is -0.398 e. The lowest BCUT2D eigenvalue weighted by Gasteiger charge is -2.09. The van der Waals surface area contributed by atoms with Crippen molar-refractivity contribution in [3.63, 3.8) is 0 Å². The molecule has 1 aliphatic carbocycles. The number of nitrogens with one attached hydrogen (secondary N) is 1. The van der Waals surface area contributed by atoms with Gasteiger partial charge in [-0.25, -0.2) is 13.1 Å². The van der Waals surface area contributed by atoms with Crippen LogP contribution in [-0.2, 0) is 10.0 Å². The molecule has 18 heavy (non-hydrogen) atoms. The van der Waals surface area contributed by atoms with Crippen molar-refractivity contribution < 1.29 is 8.42 Å². The van der Waals surface area contributed by atoms with Crippen molar-refractivity contribution in [1.82, 2.24) is 4.72 Å². The van der Waals surface area contributed by atoms with Crippen molar-refractivity contribution in [3.05, 3.63) is 22.7 Å². The van der Waals surface area contributed by atoms with Crippen LogP contribution in [0.2, 0.25) is 0 Å². The van der Waals surface area contributed by atoms with Crippen molar-refractivity contribution in [2.75, 3.05) is 12.3 Å². The van der Waals surface area contributed by atoms with Gasteiger partial charge in [0.15, 0.2) is 0 Å². The van der Waals surface area contributed by atoms with Crippen LogP contribution >= 0.6 is 15.9 Å². The summed E-state index contributed by atoms with van der Waals surface area (Å²) in [6, 6.07) is 4.84. The standard InChI is InChI=1S/C12H17BrN2O2S/c13-10-5-6-11(14)12(8-10)18(16,17)15-7-1-2-9-3-4-9/h5-6,8-9,15H,1-4,7,14H2. The van der Waals surface area contributed by atoms with Crippen LogP contribution in [0, 0.1) is 5.92 Å². The van der Waals surface area contributed by atoms with Crippen LogP contribution in [-0.4, -0.2) is 15.0 Å². The molecule has 0 unspecified atom stereocenters. The van der Waals surface area contributed by atoms with Crippen LogP contribution < -0.4 is 10.5 Å². The van der Waals surface area contributed by atoms with Gasteiger partial charge in [-0.1, -0.05) is 28.8 Å². The summed E-state index contributed by atoms with van der Waals surface area (Å²) in [5, 5.41) is 0. The summed E-state index contributed by atoms with van der Waals surface area (Å²) in [4.78, 5) is 0.142. The molecule has 1 fully saturated rings. The molecule has 0 radical (unpaired) electrons. The number of nitrogen functional groups attached to an aromatic ring is 1. The van der Waals surface area contributed by atoms with Gasteiger partial charge in [0.25, 0.3) is 0 Å². The fourth-order valence-corrected chi connectivity index (χ4v) is 3.56. The number of anilines is 1. The Balaban J connectivity index is 1.97. The topological polar surface area (TPSA) is 72.2 Å². The lowest BCUT2D eigenvalue weighted by Crippen LogP contribution is -2.25. The second kappa shape index (κ2) is 5.59. The monoisotopic (exact) mass is 332 g/mol. The highest BCUT2D eigenvalue weighted by Gasteiger charge is 2.21. The average Bonchev–Trinajstić information content (AvgIpc) is 3.12. The van der Waals surface area contributed by atoms with Crippen LogP contribution in [0.3, 0.4) is 0 Å². The molecule has 4 nitrogen and oxygen atoms in total. The molecule has 1 aliphatic rings. The van der Waals surface area contributed by atoms with E-state index in [9.17, 15) is 8.42 Å². The number of hydrogen-bond acceptors (Lipinski definition) is 3. The fraction of sp³-hybridized carbons (Fsp3) is 0.500. The molecule has 0 heterocycles. The van der Waals surface area contributed by atoms with Gasteiger partial charge in [-0.15, -0.1) is 0 Å². The van der Waals surface area contributed by atoms with E-state index < -0.39 is 10.0 Å². The van der Waals surface area contributed by atoms with E-state index in [2.05, 4.69) is 20.7 Å². The highest BCUT2D eigenvalue weighted by Crippen LogP contribution is 2.33. The number of sulfonamides is 1. The second-order valence-corrected chi connectivity index (χ2v) is 7.32.